The minimum atomic E-state index is -0.177. The first-order valence-electron chi connectivity index (χ1n) is 11.6. The molecular weight excluding hydrogens is 448 g/mol. The first-order chi connectivity index (χ1) is 16.3. The maximum atomic E-state index is 13.2. The molecule has 7 nitrogen and oxygen atoms in total. The van der Waals surface area contributed by atoms with Gasteiger partial charge in [-0.2, -0.15) is 0 Å². The minimum absolute atomic E-state index is 0.0182. The Kier molecular flexibility index (Phi) is 7.36. The monoisotopic (exact) mass is 478 g/mol. The molecule has 1 saturated heterocycles. The fraction of sp³-hybridized carbons (Fsp3) is 0.385. The average Bonchev–Trinajstić information content (AvgIpc) is 3.14. The molecule has 0 spiro atoms. The van der Waals surface area contributed by atoms with Gasteiger partial charge in [0.25, 0.3) is 0 Å². The average molecular weight is 479 g/mol. The van der Waals surface area contributed by atoms with Crippen LogP contribution in [0.25, 0.3) is 11.0 Å². The molecule has 1 fully saturated rings. The molecule has 3 aromatic rings. The highest BCUT2D eigenvalue weighted by Crippen LogP contribution is 2.26. The Morgan fingerprint density at radius 1 is 1.03 bits per heavy atom. The number of thioether (sulfide) groups is 1. The number of hydrogen-bond acceptors (Lipinski definition) is 5. The highest BCUT2D eigenvalue weighted by atomic mass is 32.2. The number of hydrogen-bond donors (Lipinski definition) is 1. The van der Waals surface area contributed by atoms with E-state index in [0.717, 1.165) is 30.5 Å². The van der Waals surface area contributed by atoms with Crippen molar-refractivity contribution in [1.29, 1.82) is 0 Å². The van der Waals surface area contributed by atoms with E-state index < -0.39 is 0 Å². The number of fused-ring (bicyclic) bond motifs is 1. The number of nitrogens with zero attached hydrogens (tertiary/aromatic N) is 3. The number of amides is 2. The van der Waals surface area contributed by atoms with Crippen LogP contribution in [0.1, 0.15) is 37.6 Å². The van der Waals surface area contributed by atoms with E-state index in [1.54, 1.807) is 24.3 Å². The summed E-state index contributed by atoms with van der Waals surface area (Å²) in [6.45, 7) is 7.66. The fourth-order valence-corrected chi connectivity index (χ4v) is 5.35. The second-order valence-corrected chi connectivity index (χ2v) is 10.1. The molecule has 1 N–H and O–H groups in total. The lowest BCUT2D eigenvalue weighted by molar-refractivity contribution is -0.134. The molecule has 2 amide bonds. The van der Waals surface area contributed by atoms with E-state index in [1.165, 1.54) is 18.7 Å². The smallest absolute Gasteiger partial charge is 0.242 e. The Labute approximate surface area is 203 Å². The van der Waals surface area contributed by atoms with Crippen LogP contribution in [0, 0.1) is 11.8 Å². The van der Waals surface area contributed by atoms with Gasteiger partial charge in [-0.15, -0.1) is 0 Å². The molecule has 1 aromatic heterocycles. The van der Waals surface area contributed by atoms with Crippen LogP contribution >= 0.6 is 11.8 Å². The van der Waals surface area contributed by atoms with Gasteiger partial charge < -0.3 is 14.8 Å². The van der Waals surface area contributed by atoms with Gasteiger partial charge in [-0.3, -0.25) is 14.4 Å². The van der Waals surface area contributed by atoms with E-state index >= 15 is 0 Å². The largest absolute Gasteiger partial charge is 0.341 e. The third-order valence-corrected chi connectivity index (χ3v) is 7.02. The zero-order chi connectivity index (χ0) is 24.2. The van der Waals surface area contributed by atoms with Gasteiger partial charge in [0.1, 0.15) is 6.54 Å². The Balaban J connectivity index is 1.46. The van der Waals surface area contributed by atoms with Crippen LogP contribution in [0.3, 0.4) is 0 Å². The molecule has 0 saturated carbocycles. The van der Waals surface area contributed by atoms with Crippen LogP contribution in [0.15, 0.2) is 53.7 Å². The molecule has 1 aliphatic rings. The number of carbonyl (C=O) groups is 3. The van der Waals surface area contributed by atoms with Crippen LogP contribution in [0.4, 0.5) is 5.69 Å². The van der Waals surface area contributed by atoms with Crippen LogP contribution in [0.2, 0.25) is 0 Å². The second-order valence-electron chi connectivity index (χ2n) is 9.18. The SMILES string of the molecule is CC(=O)c1ccc(NC(=O)CSc2nc3ccccc3n2CC(=O)N2C[C@@H](C)C[C@H](C)C2)cc1. The molecule has 2 aromatic carbocycles. The molecule has 1 aliphatic heterocycles. The molecule has 8 heteroatoms. The Morgan fingerprint density at radius 2 is 1.71 bits per heavy atom. The normalized spacial score (nSPS) is 18.1. The quantitative estimate of drug-likeness (QED) is 0.400. The van der Waals surface area contributed by atoms with E-state index in [4.69, 9.17) is 0 Å². The molecule has 0 radical (unpaired) electrons. The Hall–Kier alpha value is -3.13. The lowest BCUT2D eigenvalue weighted by atomic mass is 9.92. The highest BCUT2D eigenvalue weighted by molar-refractivity contribution is 7.99. The first-order valence-corrected chi connectivity index (χ1v) is 12.6. The zero-order valence-corrected chi connectivity index (χ0v) is 20.6. The lowest BCUT2D eigenvalue weighted by Gasteiger charge is -2.35. The third kappa shape index (κ3) is 5.67. The third-order valence-electron chi connectivity index (χ3n) is 6.04. The van der Waals surface area contributed by atoms with Crippen molar-refractivity contribution in [3.05, 3.63) is 54.1 Å². The van der Waals surface area contributed by atoms with Crippen molar-refractivity contribution in [2.75, 3.05) is 24.2 Å². The van der Waals surface area contributed by atoms with Crippen LogP contribution in [-0.2, 0) is 16.1 Å². The van der Waals surface area contributed by atoms with Crippen molar-refractivity contribution >= 4 is 46.1 Å². The van der Waals surface area contributed by atoms with Crippen LogP contribution < -0.4 is 5.32 Å². The molecule has 4 rings (SSSR count). The Bertz CT molecular complexity index is 1190. The fourth-order valence-electron chi connectivity index (χ4n) is 4.53. The number of benzene rings is 2. The van der Waals surface area contributed by atoms with Crippen molar-refractivity contribution in [1.82, 2.24) is 14.5 Å². The predicted octanol–water partition coefficient (Wildman–Crippen LogP) is 4.47. The summed E-state index contributed by atoms with van der Waals surface area (Å²) < 4.78 is 1.92. The first kappa shape index (κ1) is 24.0. The van der Waals surface area contributed by atoms with Crippen molar-refractivity contribution in [3.63, 3.8) is 0 Å². The van der Waals surface area contributed by atoms with Crippen molar-refractivity contribution in [2.24, 2.45) is 11.8 Å². The minimum Gasteiger partial charge on any atom is -0.341 e. The number of carbonyl (C=O) groups excluding carboxylic acids is 3. The topological polar surface area (TPSA) is 84.3 Å². The highest BCUT2D eigenvalue weighted by Gasteiger charge is 2.26. The van der Waals surface area contributed by atoms with Gasteiger partial charge >= 0.3 is 0 Å². The standard InChI is InChI=1S/C26H30N4O3S/c1-17-12-18(2)14-29(13-17)25(33)15-30-23-7-5-4-6-22(23)28-26(30)34-16-24(32)27-21-10-8-20(9-11-21)19(3)31/h4-11,17-18H,12-16H2,1-3H3,(H,27,32)/t17-,18-/m0/s1. The molecule has 2 atom stereocenters. The number of anilines is 1. The van der Waals surface area contributed by atoms with E-state index in [0.29, 0.717) is 28.2 Å². The van der Waals surface area contributed by atoms with E-state index in [-0.39, 0.29) is 29.9 Å². The number of likely N-dealkylation sites (tertiary alicyclic amines) is 1. The molecule has 0 unspecified atom stereocenters. The van der Waals surface area contributed by atoms with Gasteiger partial charge in [-0.1, -0.05) is 37.7 Å². The summed E-state index contributed by atoms with van der Waals surface area (Å²) in [6, 6.07) is 14.5. The van der Waals surface area contributed by atoms with Crippen LogP contribution in [0.5, 0.6) is 0 Å². The number of nitrogens with one attached hydrogen (secondary N) is 1. The number of ketones is 1. The second kappa shape index (κ2) is 10.4. The van der Waals surface area contributed by atoms with Crippen molar-refractivity contribution in [3.8, 4) is 0 Å². The number of piperidine rings is 1. The summed E-state index contributed by atoms with van der Waals surface area (Å²) in [5.41, 5.74) is 2.92. The number of Topliss-reactive ketones (excluding diaryl/α,β-unsaturated/α-hetero) is 1. The molecule has 34 heavy (non-hydrogen) atoms. The number of para-hydroxylation sites is 2. The summed E-state index contributed by atoms with van der Waals surface area (Å²) in [7, 11) is 0. The van der Waals surface area contributed by atoms with E-state index in [2.05, 4.69) is 24.1 Å². The van der Waals surface area contributed by atoms with Gasteiger partial charge in [-0.25, -0.2) is 4.98 Å². The van der Waals surface area contributed by atoms with E-state index in [9.17, 15) is 14.4 Å². The maximum Gasteiger partial charge on any atom is 0.242 e. The van der Waals surface area contributed by atoms with Crippen molar-refractivity contribution in [2.45, 2.75) is 38.9 Å². The molecule has 178 valence electrons. The van der Waals surface area contributed by atoms with Gasteiger partial charge in [0.15, 0.2) is 10.9 Å². The molecular formula is C26H30N4O3S. The summed E-state index contributed by atoms with van der Waals surface area (Å²) >= 11 is 1.31. The number of aromatic nitrogens is 2. The molecule has 2 heterocycles. The van der Waals surface area contributed by atoms with Gasteiger partial charge in [0.2, 0.25) is 11.8 Å². The summed E-state index contributed by atoms with van der Waals surface area (Å²) in [5.74, 6) is 1.03. The van der Waals surface area contributed by atoms with E-state index in [1.807, 2.05) is 33.7 Å². The predicted molar refractivity (Wildman–Crippen MR) is 135 cm³/mol. The maximum absolute atomic E-state index is 13.2. The van der Waals surface area contributed by atoms with Crippen molar-refractivity contribution < 1.29 is 14.4 Å². The molecule has 0 aliphatic carbocycles. The number of rotatable bonds is 7. The molecule has 0 bridgehead atoms. The van der Waals surface area contributed by atoms with Gasteiger partial charge in [0, 0.05) is 24.3 Å². The lowest BCUT2D eigenvalue weighted by Crippen LogP contribution is -2.44. The zero-order valence-electron chi connectivity index (χ0n) is 19.8. The summed E-state index contributed by atoms with van der Waals surface area (Å²) in [6.07, 6.45) is 1.14. The van der Waals surface area contributed by atoms with Gasteiger partial charge in [-0.05, 0) is 61.6 Å². The van der Waals surface area contributed by atoms with Gasteiger partial charge in [0.05, 0.1) is 16.8 Å². The Morgan fingerprint density at radius 3 is 2.38 bits per heavy atom. The van der Waals surface area contributed by atoms with Crippen LogP contribution in [-0.4, -0.2) is 50.9 Å². The summed E-state index contributed by atoms with van der Waals surface area (Å²) in [4.78, 5) is 43.8. The number of imidazole rings is 1. The summed E-state index contributed by atoms with van der Waals surface area (Å²) in [5, 5.41) is 3.50.